The number of hydrogen-bond donors (Lipinski definition) is 3. The second-order valence-electron chi connectivity index (χ2n) is 10.1. The molecule has 2 heterocycles. The van der Waals surface area contributed by atoms with Crippen molar-refractivity contribution in [3.63, 3.8) is 0 Å². The summed E-state index contributed by atoms with van der Waals surface area (Å²) in [5, 5.41) is 10.8. The van der Waals surface area contributed by atoms with Gasteiger partial charge in [-0.25, -0.2) is 4.98 Å². The second-order valence-corrected chi connectivity index (χ2v) is 10.1. The fourth-order valence-corrected chi connectivity index (χ4v) is 5.16. The quantitative estimate of drug-likeness (QED) is 0.324. The van der Waals surface area contributed by atoms with Crippen LogP contribution in [0.15, 0.2) is 72.9 Å². The minimum atomic E-state index is -0.224. The highest BCUT2D eigenvalue weighted by Gasteiger charge is 2.22. The highest BCUT2D eigenvalue weighted by atomic mass is 16.5. The van der Waals surface area contributed by atoms with E-state index in [2.05, 4.69) is 45.7 Å². The number of ether oxygens (including phenoxy) is 1. The van der Waals surface area contributed by atoms with Crippen LogP contribution in [0.2, 0.25) is 0 Å². The Bertz CT molecular complexity index is 1530. The molecule has 8 nitrogen and oxygen atoms in total. The number of carbonyl (C=O) groups is 2. The first-order valence-corrected chi connectivity index (χ1v) is 13.1. The van der Waals surface area contributed by atoms with Crippen molar-refractivity contribution in [2.75, 3.05) is 30.4 Å². The first-order valence-electron chi connectivity index (χ1n) is 13.1. The van der Waals surface area contributed by atoms with Crippen LogP contribution in [0.5, 0.6) is 11.5 Å². The van der Waals surface area contributed by atoms with Crippen LogP contribution in [0, 0.1) is 6.92 Å². The molecule has 1 aliphatic rings. The molecule has 2 amide bonds. The lowest BCUT2D eigenvalue weighted by molar-refractivity contribution is 0.0963. The molecule has 3 N–H and O–H groups in total. The number of fused-ring (bicyclic) bond motifs is 1. The molecule has 0 bridgehead atoms. The van der Waals surface area contributed by atoms with E-state index in [-0.39, 0.29) is 11.8 Å². The Hall–Kier alpha value is -4.43. The normalized spacial score (nSPS) is 17.1. The number of aromatic nitrogens is 1. The maximum atomic E-state index is 13.1. The summed E-state index contributed by atoms with van der Waals surface area (Å²) < 4.78 is 6.06. The van der Waals surface area contributed by atoms with Crippen molar-refractivity contribution in [1.29, 1.82) is 0 Å². The van der Waals surface area contributed by atoms with Crippen LogP contribution in [-0.4, -0.2) is 49.0 Å². The summed E-state index contributed by atoms with van der Waals surface area (Å²) in [6.45, 7) is 8.18. The van der Waals surface area contributed by atoms with Crippen LogP contribution in [0.4, 0.5) is 11.5 Å². The number of amides is 2. The molecule has 0 spiro atoms. The number of nitrogens with zero attached hydrogens (tertiary/aromatic N) is 2. The number of anilines is 2. The van der Waals surface area contributed by atoms with Crippen molar-refractivity contribution in [3.05, 3.63) is 89.6 Å². The van der Waals surface area contributed by atoms with E-state index >= 15 is 0 Å². The topological polar surface area (TPSA) is 95.6 Å². The Kier molecular flexibility index (Phi) is 7.47. The van der Waals surface area contributed by atoms with Gasteiger partial charge in [-0.05, 0) is 85.6 Å². The van der Waals surface area contributed by atoms with Crippen LogP contribution < -0.4 is 25.6 Å². The lowest BCUT2D eigenvalue weighted by Gasteiger charge is -2.37. The molecule has 4 aromatic rings. The summed E-state index contributed by atoms with van der Waals surface area (Å²) in [5.41, 5.74) is 3.24. The Morgan fingerprint density at radius 1 is 0.923 bits per heavy atom. The molecule has 1 aliphatic heterocycles. The van der Waals surface area contributed by atoms with E-state index in [0.29, 0.717) is 40.5 Å². The maximum Gasteiger partial charge on any atom is 0.257 e. The maximum absolute atomic E-state index is 13.1. The number of carbonyl (C=O) groups excluding carboxylic acids is 2. The van der Waals surface area contributed by atoms with E-state index in [1.54, 1.807) is 31.4 Å². The summed E-state index contributed by atoms with van der Waals surface area (Å²) in [5.74, 6) is 1.19. The summed E-state index contributed by atoms with van der Waals surface area (Å²) in [7, 11) is 1.61. The SMILES string of the molecule is CNC(=O)c1cccc2cc(Oc3ccnc(NC(=O)c4ccc(N5C[C@@H](C)N[C@@H](C)C5)cc4C)c3)ccc12. The van der Waals surface area contributed by atoms with E-state index in [1.807, 2.05) is 49.4 Å². The van der Waals surface area contributed by atoms with Gasteiger partial charge in [0.25, 0.3) is 11.8 Å². The fraction of sp³-hybridized carbons (Fsp3) is 0.258. The number of piperazine rings is 1. The van der Waals surface area contributed by atoms with Gasteiger partial charge >= 0.3 is 0 Å². The molecule has 200 valence electrons. The predicted molar refractivity (Wildman–Crippen MR) is 155 cm³/mol. The van der Waals surface area contributed by atoms with Crippen LogP contribution in [0.3, 0.4) is 0 Å². The molecule has 8 heteroatoms. The van der Waals surface area contributed by atoms with Crippen molar-refractivity contribution in [2.45, 2.75) is 32.9 Å². The van der Waals surface area contributed by atoms with Gasteiger partial charge in [-0.2, -0.15) is 0 Å². The van der Waals surface area contributed by atoms with Gasteiger partial charge in [0.2, 0.25) is 0 Å². The molecule has 39 heavy (non-hydrogen) atoms. The predicted octanol–water partition coefficient (Wildman–Crippen LogP) is 5.13. The molecule has 1 fully saturated rings. The molecule has 0 saturated carbocycles. The Labute approximate surface area is 228 Å². The zero-order chi connectivity index (χ0) is 27.5. The monoisotopic (exact) mass is 523 g/mol. The molecule has 0 radical (unpaired) electrons. The third-order valence-corrected chi connectivity index (χ3v) is 6.91. The summed E-state index contributed by atoms with van der Waals surface area (Å²) in [6.07, 6.45) is 1.60. The Morgan fingerprint density at radius 3 is 2.44 bits per heavy atom. The van der Waals surface area contributed by atoms with Crippen LogP contribution in [0.1, 0.15) is 40.1 Å². The molecule has 1 aromatic heterocycles. The van der Waals surface area contributed by atoms with Crippen molar-refractivity contribution in [2.24, 2.45) is 0 Å². The van der Waals surface area contributed by atoms with Gasteiger partial charge in [-0.3, -0.25) is 9.59 Å². The largest absolute Gasteiger partial charge is 0.457 e. The standard InChI is InChI=1S/C31H33N5O3/c1-19-14-23(36-17-20(2)34-21(3)18-36)8-10-26(19)31(38)35-29-16-25(12-13-33-29)39-24-9-11-27-22(15-24)6-5-7-28(27)30(37)32-4/h5-16,20-21,34H,17-18H2,1-4H3,(H,32,37)(H,33,35,38)/t20-,21+. The van der Waals surface area contributed by atoms with E-state index in [1.165, 1.54) is 0 Å². The first-order chi connectivity index (χ1) is 18.8. The Morgan fingerprint density at radius 2 is 1.69 bits per heavy atom. The smallest absolute Gasteiger partial charge is 0.257 e. The van der Waals surface area contributed by atoms with E-state index in [9.17, 15) is 9.59 Å². The van der Waals surface area contributed by atoms with Gasteiger partial charge in [0.15, 0.2) is 0 Å². The lowest BCUT2D eigenvalue weighted by atomic mass is 10.0. The zero-order valence-corrected chi connectivity index (χ0v) is 22.6. The van der Waals surface area contributed by atoms with E-state index < -0.39 is 0 Å². The summed E-state index contributed by atoms with van der Waals surface area (Å²) >= 11 is 0. The third-order valence-electron chi connectivity index (χ3n) is 6.91. The molecule has 1 saturated heterocycles. The second kappa shape index (κ2) is 11.1. The van der Waals surface area contributed by atoms with Gasteiger partial charge in [-0.1, -0.05) is 12.1 Å². The highest BCUT2D eigenvalue weighted by Crippen LogP contribution is 2.29. The van der Waals surface area contributed by atoms with E-state index in [0.717, 1.165) is 35.1 Å². The molecule has 5 rings (SSSR count). The van der Waals surface area contributed by atoms with Gasteiger partial charge in [0.05, 0.1) is 0 Å². The van der Waals surface area contributed by atoms with Crippen LogP contribution >= 0.6 is 0 Å². The molecule has 0 aliphatic carbocycles. The minimum Gasteiger partial charge on any atom is -0.457 e. The van der Waals surface area contributed by atoms with Gasteiger partial charge in [-0.15, -0.1) is 0 Å². The first kappa shape index (κ1) is 26.2. The third kappa shape index (κ3) is 5.86. The lowest BCUT2D eigenvalue weighted by Crippen LogP contribution is -2.54. The number of pyridine rings is 1. The number of hydrogen-bond acceptors (Lipinski definition) is 6. The molecule has 0 unspecified atom stereocenters. The van der Waals surface area contributed by atoms with Crippen molar-refractivity contribution < 1.29 is 14.3 Å². The van der Waals surface area contributed by atoms with Gasteiger partial charge in [0.1, 0.15) is 17.3 Å². The number of aryl methyl sites for hydroxylation is 1. The average molecular weight is 524 g/mol. The van der Waals surface area contributed by atoms with Crippen molar-refractivity contribution in [1.82, 2.24) is 15.6 Å². The van der Waals surface area contributed by atoms with Gasteiger partial charge < -0.3 is 25.6 Å². The summed E-state index contributed by atoms with van der Waals surface area (Å²) in [6, 6.07) is 21.3. The van der Waals surface area contributed by atoms with E-state index in [4.69, 9.17) is 4.74 Å². The highest BCUT2D eigenvalue weighted by molar-refractivity contribution is 6.07. The molecule has 2 atom stereocenters. The van der Waals surface area contributed by atoms with Gasteiger partial charge in [0, 0.05) is 61.3 Å². The number of rotatable bonds is 6. The summed E-state index contributed by atoms with van der Waals surface area (Å²) in [4.78, 5) is 31.9. The molecular formula is C31H33N5O3. The number of benzene rings is 3. The van der Waals surface area contributed by atoms with Crippen LogP contribution in [-0.2, 0) is 0 Å². The van der Waals surface area contributed by atoms with Crippen molar-refractivity contribution >= 4 is 34.1 Å². The number of nitrogens with one attached hydrogen (secondary N) is 3. The fourth-order valence-electron chi connectivity index (χ4n) is 5.16. The zero-order valence-electron chi connectivity index (χ0n) is 22.6. The minimum absolute atomic E-state index is 0.137. The van der Waals surface area contributed by atoms with Crippen LogP contribution in [0.25, 0.3) is 10.8 Å². The molecular weight excluding hydrogens is 490 g/mol. The average Bonchev–Trinajstić information content (AvgIpc) is 2.91. The van der Waals surface area contributed by atoms with Crippen molar-refractivity contribution in [3.8, 4) is 11.5 Å². The Balaban J connectivity index is 1.29. The molecule has 3 aromatic carbocycles.